The summed E-state index contributed by atoms with van der Waals surface area (Å²) in [6.07, 6.45) is 0. The van der Waals surface area contributed by atoms with Crippen molar-refractivity contribution in [2.24, 2.45) is 4.99 Å². The van der Waals surface area contributed by atoms with Gasteiger partial charge in [0.25, 0.3) is 5.91 Å². The van der Waals surface area contributed by atoms with Crippen LogP contribution in [0.15, 0.2) is 41.4 Å². The highest BCUT2D eigenvalue weighted by Crippen LogP contribution is 2.22. The molecule has 0 N–H and O–H groups in total. The van der Waals surface area contributed by atoms with E-state index in [2.05, 4.69) is 42.5 Å². The van der Waals surface area contributed by atoms with Crippen LogP contribution in [0, 0.1) is 13.8 Å². The standard InChI is InChI=1S/C20H22N2O2S/c1-5-22-17-11-13(3)14(4)12-18(17)25-20(22)21-19(23)15-7-9-16(10-8-15)24-6-2/h7-12H,5-6H2,1-4H3. The zero-order valence-electron chi connectivity index (χ0n) is 15.0. The number of aromatic nitrogens is 1. The normalized spacial score (nSPS) is 11.9. The molecule has 25 heavy (non-hydrogen) atoms. The molecule has 0 saturated heterocycles. The molecule has 2 aromatic carbocycles. The van der Waals surface area contributed by atoms with Gasteiger partial charge < -0.3 is 9.30 Å². The Morgan fingerprint density at radius 1 is 1.12 bits per heavy atom. The number of thiazole rings is 1. The molecular weight excluding hydrogens is 332 g/mol. The van der Waals surface area contributed by atoms with Gasteiger partial charge in [0.15, 0.2) is 4.80 Å². The van der Waals surface area contributed by atoms with E-state index < -0.39 is 0 Å². The van der Waals surface area contributed by atoms with Crippen LogP contribution in [-0.2, 0) is 6.54 Å². The van der Waals surface area contributed by atoms with Gasteiger partial charge in [0.2, 0.25) is 0 Å². The largest absolute Gasteiger partial charge is 0.494 e. The van der Waals surface area contributed by atoms with Crippen molar-refractivity contribution in [2.75, 3.05) is 6.61 Å². The Morgan fingerprint density at radius 3 is 2.44 bits per heavy atom. The maximum atomic E-state index is 12.5. The average Bonchev–Trinajstić information content (AvgIpc) is 2.92. The van der Waals surface area contributed by atoms with Gasteiger partial charge in [0.05, 0.1) is 16.8 Å². The van der Waals surface area contributed by atoms with E-state index in [-0.39, 0.29) is 5.91 Å². The number of benzene rings is 2. The van der Waals surface area contributed by atoms with Crippen molar-refractivity contribution in [3.05, 3.63) is 57.9 Å². The third-order valence-electron chi connectivity index (χ3n) is 4.22. The summed E-state index contributed by atoms with van der Waals surface area (Å²) in [4.78, 5) is 17.7. The Kier molecular flexibility index (Phi) is 5.04. The molecule has 0 aliphatic carbocycles. The molecular formula is C20H22N2O2S. The summed E-state index contributed by atoms with van der Waals surface area (Å²) in [5.74, 6) is 0.528. The Bertz CT molecular complexity index is 981. The zero-order chi connectivity index (χ0) is 18.0. The van der Waals surface area contributed by atoms with Crippen molar-refractivity contribution < 1.29 is 9.53 Å². The van der Waals surface area contributed by atoms with Crippen molar-refractivity contribution in [3.63, 3.8) is 0 Å². The van der Waals surface area contributed by atoms with Crippen molar-refractivity contribution in [1.29, 1.82) is 0 Å². The van der Waals surface area contributed by atoms with Gasteiger partial charge in [-0.05, 0) is 75.2 Å². The minimum absolute atomic E-state index is 0.231. The molecule has 0 aliphatic heterocycles. The number of hydrogen-bond donors (Lipinski definition) is 0. The first-order valence-corrected chi connectivity index (χ1v) is 9.27. The predicted molar refractivity (Wildman–Crippen MR) is 102 cm³/mol. The van der Waals surface area contributed by atoms with Crippen LogP contribution in [0.25, 0.3) is 10.2 Å². The van der Waals surface area contributed by atoms with Crippen molar-refractivity contribution in [2.45, 2.75) is 34.2 Å². The minimum Gasteiger partial charge on any atom is -0.494 e. The van der Waals surface area contributed by atoms with Crippen LogP contribution < -0.4 is 9.54 Å². The SMILES string of the molecule is CCOc1ccc(C(=O)N=c2sc3cc(C)c(C)cc3n2CC)cc1. The molecule has 130 valence electrons. The first-order valence-electron chi connectivity index (χ1n) is 8.46. The van der Waals surface area contributed by atoms with Gasteiger partial charge in [-0.3, -0.25) is 4.79 Å². The number of ether oxygens (including phenoxy) is 1. The van der Waals surface area contributed by atoms with Crippen LogP contribution in [-0.4, -0.2) is 17.1 Å². The molecule has 5 heteroatoms. The smallest absolute Gasteiger partial charge is 0.279 e. The lowest BCUT2D eigenvalue weighted by atomic mass is 10.1. The van der Waals surface area contributed by atoms with E-state index in [1.54, 1.807) is 35.6 Å². The van der Waals surface area contributed by atoms with Gasteiger partial charge in [-0.25, -0.2) is 0 Å². The molecule has 1 amide bonds. The number of rotatable bonds is 4. The lowest BCUT2D eigenvalue weighted by Crippen LogP contribution is -2.15. The van der Waals surface area contributed by atoms with Crippen LogP contribution in [0.2, 0.25) is 0 Å². The minimum atomic E-state index is -0.231. The van der Waals surface area contributed by atoms with E-state index in [1.807, 2.05) is 6.92 Å². The third-order valence-corrected chi connectivity index (χ3v) is 5.27. The monoisotopic (exact) mass is 354 g/mol. The van der Waals surface area contributed by atoms with E-state index in [4.69, 9.17) is 4.74 Å². The number of amides is 1. The Balaban J connectivity index is 2.03. The van der Waals surface area contributed by atoms with Gasteiger partial charge in [-0.1, -0.05) is 11.3 Å². The molecule has 0 spiro atoms. The Hall–Kier alpha value is -2.40. The van der Waals surface area contributed by atoms with E-state index in [0.717, 1.165) is 27.3 Å². The van der Waals surface area contributed by atoms with Gasteiger partial charge in [0, 0.05) is 12.1 Å². The molecule has 0 aliphatic rings. The maximum absolute atomic E-state index is 12.5. The number of aryl methyl sites for hydroxylation is 3. The number of hydrogen-bond acceptors (Lipinski definition) is 3. The Morgan fingerprint density at radius 2 is 1.80 bits per heavy atom. The number of fused-ring (bicyclic) bond motifs is 1. The number of nitrogens with zero attached hydrogens (tertiary/aromatic N) is 2. The second-order valence-electron chi connectivity index (χ2n) is 5.91. The van der Waals surface area contributed by atoms with Crippen LogP contribution in [0.4, 0.5) is 0 Å². The first-order chi connectivity index (χ1) is 12.0. The highest BCUT2D eigenvalue weighted by Gasteiger charge is 2.10. The predicted octanol–water partition coefficient (Wildman–Crippen LogP) is 4.48. The van der Waals surface area contributed by atoms with Gasteiger partial charge in [-0.15, -0.1) is 0 Å². The summed E-state index contributed by atoms with van der Waals surface area (Å²) in [7, 11) is 0. The quantitative estimate of drug-likeness (QED) is 0.693. The van der Waals surface area contributed by atoms with Crippen LogP contribution in [0.1, 0.15) is 35.3 Å². The topological polar surface area (TPSA) is 43.6 Å². The van der Waals surface area contributed by atoms with Crippen molar-refractivity contribution >= 4 is 27.5 Å². The summed E-state index contributed by atoms with van der Waals surface area (Å²) < 4.78 is 8.67. The maximum Gasteiger partial charge on any atom is 0.279 e. The second kappa shape index (κ2) is 7.23. The molecule has 0 unspecified atom stereocenters. The molecule has 0 atom stereocenters. The summed E-state index contributed by atoms with van der Waals surface area (Å²) in [6.45, 7) is 9.60. The van der Waals surface area contributed by atoms with E-state index in [9.17, 15) is 4.79 Å². The molecule has 1 heterocycles. The molecule has 0 fully saturated rings. The fourth-order valence-electron chi connectivity index (χ4n) is 2.72. The molecule has 0 bridgehead atoms. The molecule has 4 nitrogen and oxygen atoms in total. The highest BCUT2D eigenvalue weighted by atomic mass is 32.1. The van der Waals surface area contributed by atoms with E-state index in [0.29, 0.717) is 12.2 Å². The van der Waals surface area contributed by atoms with Crippen LogP contribution in [0.3, 0.4) is 0 Å². The second-order valence-corrected chi connectivity index (χ2v) is 6.92. The van der Waals surface area contributed by atoms with Crippen LogP contribution >= 0.6 is 11.3 Å². The summed E-state index contributed by atoms with van der Waals surface area (Å²) in [5.41, 5.74) is 4.20. The zero-order valence-corrected chi connectivity index (χ0v) is 15.8. The van der Waals surface area contributed by atoms with E-state index >= 15 is 0 Å². The van der Waals surface area contributed by atoms with Gasteiger partial charge >= 0.3 is 0 Å². The van der Waals surface area contributed by atoms with Gasteiger partial charge in [-0.2, -0.15) is 4.99 Å². The summed E-state index contributed by atoms with van der Waals surface area (Å²) in [6, 6.07) is 11.5. The third kappa shape index (κ3) is 3.51. The van der Waals surface area contributed by atoms with Crippen LogP contribution in [0.5, 0.6) is 5.75 Å². The molecule has 0 saturated carbocycles. The summed E-state index contributed by atoms with van der Waals surface area (Å²) >= 11 is 1.56. The lowest BCUT2D eigenvalue weighted by Gasteiger charge is -2.04. The van der Waals surface area contributed by atoms with Crippen molar-refractivity contribution in [1.82, 2.24) is 4.57 Å². The summed E-state index contributed by atoms with van der Waals surface area (Å²) in [5, 5.41) is 0. The fourth-order valence-corrected chi connectivity index (χ4v) is 3.90. The fraction of sp³-hybridized carbons (Fsp3) is 0.300. The molecule has 0 radical (unpaired) electrons. The first kappa shape index (κ1) is 17.4. The molecule has 3 aromatic rings. The Labute approximate surface area is 151 Å². The number of carbonyl (C=O) groups excluding carboxylic acids is 1. The highest BCUT2D eigenvalue weighted by molar-refractivity contribution is 7.16. The molecule has 3 rings (SSSR count). The molecule has 1 aromatic heterocycles. The average molecular weight is 354 g/mol. The van der Waals surface area contributed by atoms with E-state index in [1.165, 1.54) is 11.1 Å². The number of carbonyl (C=O) groups is 1. The lowest BCUT2D eigenvalue weighted by molar-refractivity contribution is 0.0998. The van der Waals surface area contributed by atoms with Crippen molar-refractivity contribution in [3.8, 4) is 5.75 Å². The van der Waals surface area contributed by atoms with Gasteiger partial charge in [0.1, 0.15) is 5.75 Å².